The van der Waals surface area contributed by atoms with Crippen LogP contribution in [0.25, 0.3) is 11.5 Å². The Kier molecular flexibility index (Phi) is 5.55. The number of pyridine rings is 1. The summed E-state index contributed by atoms with van der Waals surface area (Å²) in [5.74, 6) is 0.362. The van der Waals surface area contributed by atoms with Gasteiger partial charge in [0.1, 0.15) is 23.0 Å². The molecule has 0 spiro atoms. The van der Waals surface area contributed by atoms with Crippen LogP contribution in [0.15, 0.2) is 42.6 Å². The maximum atomic E-state index is 13.3. The number of methoxy groups -OCH3 is 2. The Morgan fingerprint density at radius 3 is 2.36 bits per heavy atom. The molecule has 0 radical (unpaired) electrons. The van der Waals surface area contributed by atoms with Crippen molar-refractivity contribution >= 4 is 23.1 Å². The summed E-state index contributed by atoms with van der Waals surface area (Å²) >= 11 is 6.06. The normalized spacial score (nSPS) is 11.2. The Balaban J connectivity index is 2.09. The molecule has 0 bridgehead atoms. The van der Waals surface area contributed by atoms with Crippen molar-refractivity contribution in [3.63, 3.8) is 0 Å². The Morgan fingerprint density at radius 2 is 1.75 bits per heavy atom. The van der Waals surface area contributed by atoms with Gasteiger partial charge in [-0.1, -0.05) is 17.7 Å². The minimum absolute atomic E-state index is 0.0920. The van der Waals surface area contributed by atoms with Gasteiger partial charge in [-0.05, 0) is 12.1 Å². The van der Waals surface area contributed by atoms with Crippen molar-refractivity contribution in [3.05, 3.63) is 53.3 Å². The molecule has 0 saturated carbocycles. The van der Waals surface area contributed by atoms with E-state index in [2.05, 4.69) is 20.3 Å². The number of rotatable bonds is 5. The van der Waals surface area contributed by atoms with Crippen molar-refractivity contribution in [1.82, 2.24) is 15.0 Å². The third-order valence-corrected chi connectivity index (χ3v) is 3.94. The van der Waals surface area contributed by atoms with E-state index < -0.39 is 11.9 Å². The number of aromatic nitrogens is 3. The summed E-state index contributed by atoms with van der Waals surface area (Å²) in [6.45, 7) is 0. The zero-order chi connectivity index (χ0) is 20.3. The highest BCUT2D eigenvalue weighted by atomic mass is 35.5. The van der Waals surface area contributed by atoms with Gasteiger partial charge >= 0.3 is 6.18 Å². The Bertz CT molecular complexity index is 985. The van der Waals surface area contributed by atoms with Gasteiger partial charge in [-0.2, -0.15) is 13.2 Å². The molecule has 1 aromatic carbocycles. The highest BCUT2D eigenvalue weighted by Crippen LogP contribution is 2.38. The van der Waals surface area contributed by atoms with Gasteiger partial charge in [-0.25, -0.2) is 9.97 Å². The molecule has 2 heterocycles. The second kappa shape index (κ2) is 7.89. The average molecular weight is 411 g/mol. The van der Waals surface area contributed by atoms with Gasteiger partial charge in [0.2, 0.25) is 0 Å². The van der Waals surface area contributed by atoms with E-state index in [1.54, 1.807) is 12.1 Å². The summed E-state index contributed by atoms with van der Waals surface area (Å²) in [5.41, 5.74) is -0.578. The monoisotopic (exact) mass is 410 g/mol. The fraction of sp³-hybridized carbons (Fsp3) is 0.167. The smallest absolute Gasteiger partial charge is 0.433 e. The van der Waals surface area contributed by atoms with Crippen LogP contribution in [0.3, 0.4) is 0 Å². The van der Waals surface area contributed by atoms with Crippen molar-refractivity contribution < 1.29 is 22.6 Å². The predicted molar refractivity (Wildman–Crippen MR) is 98.1 cm³/mol. The number of hydrogen-bond donors (Lipinski definition) is 1. The van der Waals surface area contributed by atoms with Crippen LogP contribution in [-0.2, 0) is 6.18 Å². The molecule has 0 unspecified atom stereocenters. The number of anilines is 2. The van der Waals surface area contributed by atoms with E-state index >= 15 is 0 Å². The summed E-state index contributed by atoms with van der Waals surface area (Å²) in [6, 6.07) is 8.57. The molecule has 0 saturated heterocycles. The number of alkyl halides is 3. The quantitative estimate of drug-likeness (QED) is 0.640. The van der Waals surface area contributed by atoms with Crippen molar-refractivity contribution in [2.45, 2.75) is 6.18 Å². The summed E-state index contributed by atoms with van der Waals surface area (Å²) in [6.07, 6.45) is -3.22. The molecule has 10 heteroatoms. The molecule has 0 aliphatic carbocycles. The van der Waals surface area contributed by atoms with Crippen LogP contribution >= 0.6 is 11.6 Å². The number of hydrogen-bond acceptors (Lipinski definition) is 6. The SMILES string of the molecule is COc1cc(Nc2cc(C(F)(F)F)nc(-c3ccccn3)n2)c(OC)cc1Cl. The minimum Gasteiger partial charge on any atom is -0.495 e. The summed E-state index contributed by atoms with van der Waals surface area (Å²) < 4.78 is 50.3. The second-order valence-electron chi connectivity index (χ2n) is 5.49. The first-order chi connectivity index (χ1) is 13.3. The van der Waals surface area contributed by atoms with Crippen LogP contribution in [0.2, 0.25) is 5.02 Å². The van der Waals surface area contributed by atoms with Gasteiger partial charge < -0.3 is 14.8 Å². The molecule has 1 N–H and O–H groups in total. The second-order valence-corrected chi connectivity index (χ2v) is 5.89. The van der Waals surface area contributed by atoms with E-state index in [-0.39, 0.29) is 22.4 Å². The Morgan fingerprint density at radius 1 is 1.00 bits per heavy atom. The van der Waals surface area contributed by atoms with Crippen molar-refractivity contribution in [2.75, 3.05) is 19.5 Å². The van der Waals surface area contributed by atoms with E-state index in [1.807, 2.05) is 0 Å². The molecule has 0 aliphatic rings. The number of nitrogens with zero attached hydrogens (tertiary/aromatic N) is 3. The summed E-state index contributed by atoms with van der Waals surface area (Å²) in [4.78, 5) is 11.8. The maximum Gasteiger partial charge on any atom is 0.433 e. The predicted octanol–water partition coefficient (Wildman–Crippen LogP) is 4.97. The van der Waals surface area contributed by atoms with Gasteiger partial charge in [0.15, 0.2) is 11.5 Å². The summed E-state index contributed by atoms with van der Waals surface area (Å²) in [7, 11) is 2.83. The fourth-order valence-corrected chi connectivity index (χ4v) is 2.59. The van der Waals surface area contributed by atoms with Gasteiger partial charge in [0.25, 0.3) is 0 Å². The topological polar surface area (TPSA) is 69.2 Å². The zero-order valence-electron chi connectivity index (χ0n) is 14.7. The maximum absolute atomic E-state index is 13.3. The van der Waals surface area contributed by atoms with E-state index in [0.29, 0.717) is 17.2 Å². The van der Waals surface area contributed by atoms with Crippen molar-refractivity contribution in [3.8, 4) is 23.0 Å². The largest absolute Gasteiger partial charge is 0.495 e. The minimum atomic E-state index is -4.66. The van der Waals surface area contributed by atoms with Crippen LogP contribution < -0.4 is 14.8 Å². The van der Waals surface area contributed by atoms with Gasteiger partial charge in [0.05, 0.1) is 24.9 Å². The third kappa shape index (κ3) is 4.25. The molecular formula is C18H14ClF3N4O2. The van der Waals surface area contributed by atoms with E-state index in [4.69, 9.17) is 21.1 Å². The Labute approximate surface area is 163 Å². The molecule has 6 nitrogen and oxygen atoms in total. The van der Waals surface area contributed by atoms with Crippen LogP contribution in [-0.4, -0.2) is 29.2 Å². The van der Waals surface area contributed by atoms with Crippen LogP contribution in [0, 0.1) is 0 Å². The Hall–Kier alpha value is -3.07. The molecule has 0 amide bonds. The van der Waals surface area contributed by atoms with E-state index in [0.717, 1.165) is 6.07 Å². The molecule has 0 aliphatic heterocycles. The first-order valence-corrected chi connectivity index (χ1v) is 8.26. The number of ether oxygens (including phenoxy) is 2. The molecule has 28 heavy (non-hydrogen) atoms. The first kappa shape index (κ1) is 19.7. The highest BCUT2D eigenvalue weighted by molar-refractivity contribution is 6.32. The lowest BCUT2D eigenvalue weighted by atomic mass is 10.2. The third-order valence-electron chi connectivity index (χ3n) is 3.65. The number of nitrogens with one attached hydrogen (secondary N) is 1. The van der Waals surface area contributed by atoms with Gasteiger partial charge in [0, 0.05) is 24.4 Å². The molecule has 3 rings (SSSR count). The highest BCUT2D eigenvalue weighted by Gasteiger charge is 2.34. The average Bonchev–Trinajstić information content (AvgIpc) is 2.68. The van der Waals surface area contributed by atoms with Crippen LogP contribution in [0.5, 0.6) is 11.5 Å². The van der Waals surface area contributed by atoms with Gasteiger partial charge in [-0.15, -0.1) is 0 Å². The van der Waals surface area contributed by atoms with Gasteiger partial charge in [-0.3, -0.25) is 4.98 Å². The number of halogens is 4. The lowest BCUT2D eigenvalue weighted by molar-refractivity contribution is -0.141. The van der Waals surface area contributed by atoms with Crippen molar-refractivity contribution in [1.29, 1.82) is 0 Å². The lowest BCUT2D eigenvalue weighted by Crippen LogP contribution is -2.11. The number of benzene rings is 1. The van der Waals surface area contributed by atoms with Crippen LogP contribution in [0.4, 0.5) is 24.7 Å². The molecule has 3 aromatic rings. The lowest BCUT2D eigenvalue weighted by Gasteiger charge is -2.15. The first-order valence-electron chi connectivity index (χ1n) is 7.88. The molecular weight excluding hydrogens is 397 g/mol. The zero-order valence-corrected chi connectivity index (χ0v) is 15.5. The van der Waals surface area contributed by atoms with Crippen molar-refractivity contribution in [2.24, 2.45) is 0 Å². The van der Waals surface area contributed by atoms with Crippen LogP contribution in [0.1, 0.15) is 5.69 Å². The summed E-state index contributed by atoms with van der Waals surface area (Å²) in [5, 5.41) is 3.10. The molecule has 0 fully saturated rings. The molecule has 0 atom stereocenters. The van der Waals surface area contributed by atoms with E-state index in [9.17, 15) is 13.2 Å². The molecule has 2 aromatic heterocycles. The standard InChI is InChI=1S/C18H14ClF3N4O2/c1-27-13-8-12(14(28-2)7-10(13)19)24-16-9-15(18(20,21)22)25-17(26-16)11-5-3-4-6-23-11/h3-9H,1-2H3,(H,24,25,26). The molecule has 146 valence electrons. The fourth-order valence-electron chi connectivity index (χ4n) is 2.36. The van der Waals surface area contributed by atoms with E-state index in [1.165, 1.54) is 38.6 Å².